The smallest absolute Gasteiger partial charge is 0.251 e. The van der Waals surface area contributed by atoms with Crippen LogP contribution < -0.4 is 5.32 Å². The summed E-state index contributed by atoms with van der Waals surface area (Å²) in [5.74, 6) is -0.0391. The second-order valence-corrected chi connectivity index (χ2v) is 5.36. The molecule has 0 bridgehead atoms. The van der Waals surface area contributed by atoms with Gasteiger partial charge in [-0.2, -0.15) is 0 Å². The van der Waals surface area contributed by atoms with E-state index in [1.54, 1.807) is 0 Å². The fourth-order valence-corrected chi connectivity index (χ4v) is 2.07. The highest BCUT2D eigenvalue weighted by molar-refractivity contribution is 14.1. The maximum atomic E-state index is 12.0. The Kier molecular flexibility index (Phi) is 4.36. The third-order valence-corrected chi connectivity index (χ3v) is 3.47. The first-order valence-electron chi connectivity index (χ1n) is 5.78. The molecule has 1 amide bonds. The molecule has 0 aliphatic heterocycles. The van der Waals surface area contributed by atoms with Crippen molar-refractivity contribution >= 4 is 28.5 Å². The van der Waals surface area contributed by atoms with Gasteiger partial charge in [0.2, 0.25) is 0 Å². The molecule has 0 aliphatic carbocycles. The first-order valence-corrected chi connectivity index (χ1v) is 6.86. The summed E-state index contributed by atoms with van der Waals surface area (Å²) in [5.41, 5.74) is 1.80. The first kappa shape index (κ1) is 13.1. The number of nitrogens with one attached hydrogen (secondary N) is 1. The van der Waals surface area contributed by atoms with Crippen molar-refractivity contribution in [3.63, 3.8) is 0 Å². The lowest BCUT2D eigenvalue weighted by atomic mass is 10.1. The highest BCUT2D eigenvalue weighted by atomic mass is 127. The molecule has 2 aromatic carbocycles. The van der Waals surface area contributed by atoms with E-state index < -0.39 is 0 Å². The Hall–Kier alpha value is -1.36. The summed E-state index contributed by atoms with van der Waals surface area (Å²) in [6.45, 7) is 1.99. The number of rotatable bonds is 3. The number of hydrogen-bond acceptors (Lipinski definition) is 1. The minimum atomic E-state index is -0.0391. The first-order chi connectivity index (χ1) is 8.66. The van der Waals surface area contributed by atoms with E-state index in [0.717, 1.165) is 9.13 Å². The normalized spacial score (nSPS) is 11.9. The highest BCUT2D eigenvalue weighted by Gasteiger charge is 2.10. The summed E-state index contributed by atoms with van der Waals surface area (Å²) in [7, 11) is 0. The van der Waals surface area contributed by atoms with Crippen LogP contribution in [0.15, 0.2) is 54.6 Å². The number of hydrogen-bond donors (Lipinski definition) is 1. The minimum Gasteiger partial charge on any atom is -0.346 e. The Morgan fingerprint density at radius 1 is 1.06 bits per heavy atom. The van der Waals surface area contributed by atoms with Crippen LogP contribution in [0.2, 0.25) is 0 Å². The van der Waals surface area contributed by atoms with Crippen molar-refractivity contribution in [3.8, 4) is 0 Å². The summed E-state index contributed by atoms with van der Waals surface area (Å²) in [6, 6.07) is 17.5. The number of carbonyl (C=O) groups excluding carboxylic acids is 1. The molecule has 0 unspecified atom stereocenters. The Morgan fingerprint density at radius 2 is 1.67 bits per heavy atom. The Bertz CT molecular complexity index is 522. The number of carbonyl (C=O) groups is 1. The van der Waals surface area contributed by atoms with Crippen molar-refractivity contribution in [2.24, 2.45) is 0 Å². The van der Waals surface area contributed by atoms with Crippen molar-refractivity contribution < 1.29 is 4.79 Å². The van der Waals surface area contributed by atoms with Gasteiger partial charge in [0, 0.05) is 9.13 Å². The van der Waals surface area contributed by atoms with Gasteiger partial charge in [-0.25, -0.2) is 0 Å². The molecule has 0 aliphatic rings. The van der Waals surface area contributed by atoms with Crippen molar-refractivity contribution in [3.05, 3.63) is 69.3 Å². The predicted molar refractivity (Wildman–Crippen MR) is 81.5 cm³/mol. The maximum absolute atomic E-state index is 12.0. The van der Waals surface area contributed by atoms with E-state index in [4.69, 9.17) is 0 Å². The third-order valence-electron chi connectivity index (χ3n) is 2.75. The van der Waals surface area contributed by atoms with Gasteiger partial charge in [-0.1, -0.05) is 30.3 Å². The molecule has 2 nitrogen and oxygen atoms in total. The van der Waals surface area contributed by atoms with Gasteiger partial charge >= 0.3 is 0 Å². The molecule has 0 spiro atoms. The quantitative estimate of drug-likeness (QED) is 0.838. The molecule has 0 heterocycles. The maximum Gasteiger partial charge on any atom is 0.251 e. The largest absolute Gasteiger partial charge is 0.346 e. The zero-order chi connectivity index (χ0) is 13.0. The van der Waals surface area contributed by atoms with Gasteiger partial charge < -0.3 is 5.32 Å². The molecule has 3 heteroatoms. The van der Waals surface area contributed by atoms with E-state index in [9.17, 15) is 4.79 Å². The zero-order valence-corrected chi connectivity index (χ0v) is 12.2. The summed E-state index contributed by atoms with van der Waals surface area (Å²) in [4.78, 5) is 12.0. The van der Waals surface area contributed by atoms with E-state index >= 15 is 0 Å². The van der Waals surface area contributed by atoms with Crippen LogP contribution in [0.25, 0.3) is 0 Å². The van der Waals surface area contributed by atoms with Gasteiger partial charge in [0.1, 0.15) is 0 Å². The van der Waals surface area contributed by atoms with E-state index in [0.29, 0.717) is 5.56 Å². The molecule has 0 saturated carbocycles. The molecule has 0 aromatic heterocycles. The lowest BCUT2D eigenvalue weighted by Gasteiger charge is -2.14. The third kappa shape index (κ3) is 3.32. The van der Waals surface area contributed by atoms with Crippen molar-refractivity contribution in [2.75, 3.05) is 0 Å². The average molecular weight is 351 g/mol. The van der Waals surface area contributed by atoms with Gasteiger partial charge in [0.05, 0.1) is 6.04 Å². The van der Waals surface area contributed by atoms with E-state index in [1.807, 2.05) is 61.5 Å². The van der Waals surface area contributed by atoms with E-state index in [-0.39, 0.29) is 11.9 Å². The molecular weight excluding hydrogens is 337 g/mol. The molecule has 92 valence electrons. The summed E-state index contributed by atoms with van der Waals surface area (Å²) in [5, 5.41) is 2.99. The number of benzene rings is 2. The second kappa shape index (κ2) is 6.00. The second-order valence-electron chi connectivity index (χ2n) is 4.11. The molecule has 0 saturated heterocycles. The van der Waals surface area contributed by atoms with Crippen LogP contribution in [0.4, 0.5) is 0 Å². The molecule has 1 N–H and O–H groups in total. The lowest BCUT2D eigenvalue weighted by molar-refractivity contribution is 0.0940. The molecule has 2 rings (SSSR count). The molecular formula is C15H14INO. The topological polar surface area (TPSA) is 29.1 Å². The Morgan fingerprint density at radius 3 is 2.28 bits per heavy atom. The standard InChI is InChI=1S/C15H14INO/c1-11(12-5-3-2-4-6-12)17-15(18)13-7-9-14(16)10-8-13/h2-11H,1H3,(H,17,18)/t11-/m1/s1. The SMILES string of the molecule is C[C@@H](NC(=O)c1ccc(I)cc1)c1ccccc1. The Labute approximate surface area is 121 Å². The van der Waals surface area contributed by atoms with Gasteiger partial charge in [-0.15, -0.1) is 0 Å². The van der Waals surface area contributed by atoms with Crippen LogP contribution in [-0.2, 0) is 0 Å². The van der Waals surface area contributed by atoms with Crippen LogP contribution in [0, 0.1) is 3.57 Å². The van der Waals surface area contributed by atoms with Crippen molar-refractivity contribution in [1.82, 2.24) is 5.32 Å². The van der Waals surface area contributed by atoms with E-state index in [2.05, 4.69) is 27.9 Å². The van der Waals surface area contributed by atoms with Crippen LogP contribution in [0.3, 0.4) is 0 Å². The molecule has 18 heavy (non-hydrogen) atoms. The number of halogens is 1. The molecule has 2 aromatic rings. The number of amides is 1. The average Bonchev–Trinajstić information content (AvgIpc) is 2.40. The van der Waals surface area contributed by atoms with Crippen LogP contribution in [-0.4, -0.2) is 5.91 Å². The van der Waals surface area contributed by atoms with Crippen LogP contribution >= 0.6 is 22.6 Å². The Balaban J connectivity index is 2.06. The van der Waals surface area contributed by atoms with Crippen molar-refractivity contribution in [1.29, 1.82) is 0 Å². The summed E-state index contributed by atoms with van der Waals surface area (Å²) < 4.78 is 1.13. The monoisotopic (exact) mass is 351 g/mol. The minimum absolute atomic E-state index is 0.0120. The van der Waals surface area contributed by atoms with Gasteiger partial charge in [0.25, 0.3) is 5.91 Å². The lowest BCUT2D eigenvalue weighted by Crippen LogP contribution is -2.26. The predicted octanol–water partition coefficient (Wildman–Crippen LogP) is 3.78. The molecule has 0 fully saturated rings. The zero-order valence-electron chi connectivity index (χ0n) is 10.1. The highest BCUT2D eigenvalue weighted by Crippen LogP contribution is 2.13. The molecule has 1 atom stereocenters. The van der Waals surface area contributed by atoms with Gasteiger partial charge in [-0.3, -0.25) is 4.79 Å². The van der Waals surface area contributed by atoms with Crippen molar-refractivity contribution in [2.45, 2.75) is 13.0 Å². The summed E-state index contributed by atoms with van der Waals surface area (Å²) >= 11 is 2.22. The summed E-state index contributed by atoms with van der Waals surface area (Å²) in [6.07, 6.45) is 0. The van der Waals surface area contributed by atoms with Crippen LogP contribution in [0.1, 0.15) is 28.9 Å². The van der Waals surface area contributed by atoms with Crippen LogP contribution in [0.5, 0.6) is 0 Å². The molecule has 0 radical (unpaired) electrons. The van der Waals surface area contributed by atoms with E-state index in [1.165, 1.54) is 0 Å². The fourth-order valence-electron chi connectivity index (χ4n) is 1.71. The fraction of sp³-hybridized carbons (Fsp3) is 0.133. The van der Waals surface area contributed by atoms with Gasteiger partial charge in [0.15, 0.2) is 0 Å². The van der Waals surface area contributed by atoms with Gasteiger partial charge in [-0.05, 0) is 59.3 Å².